The van der Waals surface area contributed by atoms with E-state index in [0.717, 1.165) is 12.7 Å². The number of para-hydroxylation sites is 1. The monoisotopic (exact) mass is 469 g/mol. The van der Waals surface area contributed by atoms with Crippen LogP contribution in [0.3, 0.4) is 0 Å². The maximum atomic E-state index is 13.8. The van der Waals surface area contributed by atoms with Crippen LogP contribution in [-0.4, -0.2) is 47.4 Å². The van der Waals surface area contributed by atoms with E-state index in [1.165, 1.54) is 10.6 Å². The second-order valence-corrected chi connectivity index (χ2v) is 11.2. The van der Waals surface area contributed by atoms with Crippen molar-refractivity contribution in [3.63, 3.8) is 0 Å². The van der Waals surface area contributed by atoms with Crippen LogP contribution in [0.25, 0.3) is 16.6 Å². The number of carbonyl (C=O) groups excluding carboxylic acids is 1. The number of fused-ring (bicyclic) bond motifs is 1. The first kappa shape index (κ1) is 23.0. The van der Waals surface area contributed by atoms with Crippen molar-refractivity contribution >= 4 is 26.8 Å². The van der Waals surface area contributed by atoms with Gasteiger partial charge in [0.05, 0.1) is 27.5 Å². The van der Waals surface area contributed by atoms with E-state index in [1.54, 1.807) is 62.1 Å². The van der Waals surface area contributed by atoms with E-state index in [9.17, 15) is 18.0 Å². The first-order valence-corrected chi connectivity index (χ1v) is 12.7. The molecule has 0 saturated carbocycles. The van der Waals surface area contributed by atoms with E-state index in [2.05, 4.69) is 0 Å². The molecule has 1 aromatic heterocycles. The summed E-state index contributed by atoms with van der Waals surface area (Å²) in [6.07, 6.45) is 1.94. The van der Waals surface area contributed by atoms with Crippen LogP contribution in [0.4, 0.5) is 4.79 Å². The van der Waals surface area contributed by atoms with Crippen LogP contribution < -0.4 is 5.56 Å². The number of hydrogen-bond acceptors (Lipinski definition) is 6. The number of amides is 1. The molecular formula is C24H27N3O5S. The zero-order valence-electron chi connectivity index (χ0n) is 19.1. The normalized spacial score (nSPS) is 16.8. The van der Waals surface area contributed by atoms with Gasteiger partial charge in [0, 0.05) is 12.8 Å². The Morgan fingerprint density at radius 1 is 1.09 bits per heavy atom. The largest absolute Gasteiger partial charge is 0.444 e. The Bertz CT molecular complexity index is 1370. The highest BCUT2D eigenvalue weighted by molar-refractivity contribution is 7.91. The lowest BCUT2D eigenvalue weighted by atomic mass is 10.1. The molecule has 0 spiro atoms. The molecule has 8 nitrogen and oxygen atoms in total. The van der Waals surface area contributed by atoms with E-state index < -0.39 is 33.1 Å². The lowest BCUT2D eigenvalue weighted by molar-refractivity contribution is 0.0216. The smallest absolute Gasteiger partial charge is 0.410 e. The Labute approximate surface area is 192 Å². The number of ether oxygens (including phenoxy) is 1. The third kappa shape index (κ3) is 4.50. The van der Waals surface area contributed by atoms with E-state index in [1.807, 2.05) is 6.07 Å². The fourth-order valence-corrected chi connectivity index (χ4v) is 5.04. The fraction of sp³-hybridized carbons (Fsp3) is 0.375. The maximum absolute atomic E-state index is 13.8. The summed E-state index contributed by atoms with van der Waals surface area (Å²) in [7, 11) is -3.67. The quantitative estimate of drug-likeness (QED) is 0.578. The highest BCUT2D eigenvalue weighted by atomic mass is 32.2. The molecule has 0 bridgehead atoms. The van der Waals surface area contributed by atoms with Crippen molar-refractivity contribution in [1.29, 1.82) is 0 Å². The predicted octanol–water partition coefficient (Wildman–Crippen LogP) is 3.86. The first-order chi connectivity index (χ1) is 15.5. The number of carbonyl (C=O) groups is 1. The summed E-state index contributed by atoms with van der Waals surface area (Å²) in [6, 6.07) is 13.0. The molecule has 1 aliphatic heterocycles. The molecule has 9 heteroatoms. The molecule has 2 heterocycles. The summed E-state index contributed by atoms with van der Waals surface area (Å²) >= 11 is 0. The highest BCUT2D eigenvalue weighted by Gasteiger charge is 2.36. The van der Waals surface area contributed by atoms with Crippen molar-refractivity contribution in [2.24, 2.45) is 0 Å². The molecular weight excluding hydrogens is 442 g/mol. The number of likely N-dealkylation sites (tertiary alicyclic amines) is 1. The standard InChI is InChI=1S/C24H27N3O5S/c1-24(2,3)32-23(29)26-15-9-13-18(26)21-25-17-12-8-14-19(33(4,30)31)20(17)22(28)27(21)16-10-6-5-7-11-16/h5-8,10-12,14,18H,9,13,15H2,1-4H3/t18-/m0/s1. The van der Waals surface area contributed by atoms with Crippen molar-refractivity contribution in [3.05, 3.63) is 64.7 Å². The molecule has 1 fully saturated rings. The van der Waals surface area contributed by atoms with Crippen LogP contribution >= 0.6 is 0 Å². The van der Waals surface area contributed by atoms with Gasteiger partial charge in [-0.15, -0.1) is 0 Å². The lowest BCUT2D eigenvalue weighted by Crippen LogP contribution is -2.38. The third-order valence-corrected chi connectivity index (χ3v) is 6.62. The molecule has 33 heavy (non-hydrogen) atoms. The zero-order valence-corrected chi connectivity index (χ0v) is 19.9. The summed E-state index contributed by atoms with van der Waals surface area (Å²) in [4.78, 5) is 33.0. The minimum atomic E-state index is -3.67. The van der Waals surface area contributed by atoms with Crippen molar-refractivity contribution in [2.75, 3.05) is 12.8 Å². The Morgan fingerprint density at radius 2 is 1.79 bits per heavy atom. The van der Waals surface area contributed by atoms with Gasteiger partial charge in [0.15, 0.2) is 9.84 Å². The van der Waals surface area contributed by atoms with Gasteiger partial charge in [-0.3, -0.25) is 14.3 Å². The average Bonchev–Trinajstić information content (AvgIpc) is 3.22. The third-order valence-electron chi connectivity index (χ3n) is 5.48. The topological polar surface area (TPSA) is 98.6 Å². The Hall–Kier alpha value is -3.20. The number of rotatable bonds is 3. The van der Waals surface area contributed by atoms with Gasteiger partial charge in [-0.2, -0.15) is 0 Å². The number of sulfone groups is 1. The minimum absolute atomic E-state index is 0.0365. The SMILES string of the molecule is CC(C)(C)OC(=O)N1CCC[C@H]1c1nc2cccc(S(C)(=O)=O)c2c(=O)n1-c1ccccc1. The van der Waals surface area contributed by atoms with Crippen LogP contribution in [0.15, 0.2) is 58.2 Å². The molecule has 174 valence electrons. The number of benzene rings is 2. The molecule has 1 saturated heterocycles. The van der Waals surface area contributed by atoms with Gasteiger partial charge in [-0.25, -0.2) is 18.2 Å². The minimum Gasteiger partial charge on any atom is -0.444 e. The van der Waals surface area contributed by atoms with Gasteiger partial charge in [-0.05, 0) is 57.9 Å². The van der Waals surface area contributed by atoms with Crippen LogP contribution in [0.5, 0.6) is 0 Å². The van der Waals surface area contributed by atoms with Gasteiger partial charge in [0.25, 0.3) is 5.56 Å². The van der Waals surface area contributed by atoms with Crippen molar-refractivity contribution in [2.45, 2.75) is 50.2 Å². The van der Waals surface area contributed by atoms with Gasteiger partial charge in [0.1, 0.15) is 11.4 Å². The van der Waals surface area contributed by atoms with Crippen LogP contribution in [-0.2, 0) is 14.6 Å². The van der Waals surface area contributed by atoms with Crippen molar-refractivity contribution in [3.8, 4) is 5.69 Å². The van der Waals surface area contributed by atoms with Crippen molar-refractivity contribution in [1.82, 2.24) is 14.5 Å². The van der Waals surface area contributed by atoms with E-state index in [4.69, 9.17) is 9.72 Å². The van der Waals surface area contributed by atoms with E-state index >= 15 is 0 Å². The van der Waals surface area contributed by atoms with Gasteiger partial charge >= 0.3 is 6.09 Å². The highest BCUT2D eigenvalue weighted by Crippen LogP contribution is 2.34. The van der Waals surface area contributed by atoms with Crippen LogP contribution in [0, 0.1) is 0 Å². The zero-order chi connectivity index (χ0) is 24.0. The van der Waals surface area contributed by atoms with E-state index in [-0.39, 0.29) is 15.8 Å². The summed E-state index contributed by atoms with van der Waals surface area (Å²) in [6.45, 7) is 5.89. The fourth-order valence-electron chi connectivity index (χ4n) is 4.15. The Kier molecular flexibility index (Phi) is 5.78. The molecule has 3 aromatic rings. The molecule has 0 unspecified atom stereocenters. The van der Waals surface area contributed by atoms with Crippen molar-refractivity contribution < 1.29 is 17.9 Å². The Balaban J connectivity index is 1.99. The maximum Gasteiger partial charge on any atom is 0.410 e. The molecule has 2 aromatic carbocycles. The Morgan fingerprint density at radius 3 is 2.42 bits per heavy atom. The summed E-state index contributed by atoms with van der Waals surface area (Å²) < 4.78 is 31.8. The van der Waals surface area contributed by atoms with Gasteiger partial charge in [0.2, 0.25) is 0 Å². The molecule has 0 radical (unpaired) electrons. The summed E-state index contributed by atoms with van der Waals surface area (Å²) in [5.74, 6) is 0.382. The second kappa shape index (κ2) is 8.30. The van der Waals surface area contributed by atoms with E-state index in [0.29, 0.717) is 24.5 Å². The molecule has 4 rings (SSSR count). The molecule has 1 atom stereocenters. The van der Waals surface area contributed by atoms with Gasteiger partial charge in [-0.1, -0.05) is 24.3 Å². The molecule has 1 aliphatic rings. The van der Waals surface area contributed by atoms with Crippen LogP contribution in [0.1, 0.15) is 45.5 Å². The number of nitrogens with zero attached hydrogens (tertiary/aromatic N) is 3. The molecule has 0 N–H and O–H groups in total. The molecule has 1 amide bonds. The summed E-state index contributed by atoms with van der Waals surface area (Å²) in [5.41, 5.74) is -0.324. The van der Waals surface area contributed by atoms with Crippen LogP contribution in [0.2, 0.25) is 0 Å². The molecule has 0 aliphatic carbocycles. The first-order valence-electron chi connectivity index (χ1n) is 10.8. The van der Waals surface area contributed by atoms with Gasteiger partial charge < -0.3 is 4.74 Å². The number of hydrogen-bond donors (Lipinski definition) is 0. The average molecular weight is 470 g/mol. The summed E-state index contributed by atoms with van der Waals surface area (Å²) in [5, 5.41) is 0.0365. The number of aromatic nitrogens is 2. The second-order valence-electron chi connectivity index (χ2n) is 9.20. The predicted molar refractivity (Wildman–Crippen MR) is 125 cm³/mol. The lowest BCUT2D eigenvalue weighted by Gasteiger charge is -2.29.